The van der Waals surface area contributed by atoms with Gasteiger partial charge in [-0.3, -0.25) is 25.2 Å². The van der Waals surface area contributed by atoms with Crippen LogP contribution in [0.5, 0.6) is 0 Å². The zero-order valence-corrected chi connectivity index (χ0v) is 17.5. The van der Waals surface area contributed by atoms with E-state index >= 15 is 0 Å². The number of carbonyl (C=O) groups is 2. The summed E-state index contributed by atoms with van der Waals surface area (Å²) >= 11 is 0. The highest BCUT2D eigenvalue weighted by molar-refractivity contribution is 5.95. The molecule has 4 aromatic rings. The van der Waals surface area contributed by atoms with Gasteiger partial charge in [0.05, 0.1) is 17.6 Å². The normalized spacial score (nSPS) is 10.7. The minimum atomic E-state index is -0.423. The zero-order chi connectivity index (χ0) is 22.5. The average Bonchev–Trinajstić information content (AvgIpc) is 2.83. The lowest BCUT2D eigenvalue weighted by atomic mass is 10.0. The zero-order valence-electron chi connectivity index (χ0n) is 17.5. The summed E-state index contributed by atoms with van der Waals surface area (Å²) in [6.07, 6.45) is -0.0202. The smallest absolute Gasteiger partial charge is 0.273 e. The summed E-state index contributed by atoms with van der Waals surface area (Å²) in [5.41, 5.74) is 7.61. The van der Waals surface area contributed by atoms with Gasteiger partial charge in [0.2, 0.25) is 5.91 Å². The number of fused-ring (bicyclic) bond motifs is 1. The van der Waals surface area contributed by atoms with Gasteiger partial charge >= 0.3 is 0 Å². The van der Waals surface area contributed by atoms with Crippen LogP contribution in [0, 0.1) is 6.92 Å². The molecule has 4 rings (SSSR count). The monoisotopic (exact) mass is 426 g/mol. The Balaban J connectivity index is 1.52. The molecule has 0 aliphatic heterocycles. The summed E-state index contributed by atoms with van der Waals surface area (Å²) < 4.78 is 1.30. The molecule has 0 spiro atoms. The Hall–Kier alpha value is -4.26. The number of nitrogens with zero attached hydrogens (tertiary/aromatic N) is 2. The average molecular weight is 426 g/mol. The van der Waals surface area contributed by atoms with Crippen molar-refractivity contribution in [2.75, 3.05) is 0 Å². The van der Waals surface area contributed by atoms with Crippen molar-refractivity contribution in [3.63, 3.8) is 0 Å². The Morgan fingerprint density at radius 1 is 0.844 bits per heavy atom. The van der Waals surface area contributed by atoms with Crippen LogP contribution in [0.4, 0.5) is 0 Å². The van der Waals surface area contributed by atoms with Crippen LogP contribution in [0.25, 0.3) is 22.0 Å². The lowest BCUT2D eigenvalue weighted by Crippen LogP contribution is -2.42. The highest BCUT2D eigenvalue weighted by Crippen LogP contribution is 2.24. The summed E-state index contributed by atoms with van der Waals surface area (Å²) in [7, 11) is 0. The van der Waals surface area contributed by atoms with Crippen molar-refractivity contribution in [2.24, 2.45) is 0 Å². The summed E-state index contributed by atoms with van der Waals surface area (Å²) in [4.78, 5) is 37.2. The number of rotatable bonds is 5. The fraction of sp³-hybridized carbons (Fsp3) is 0.120. The van der Waals surface area contributed by atoms with E-state index in [0.29, 0.717) is 16.6 Å². The van der Waals surface area contributed by atoms with E-state index in [1.165, 1.54) is 4.68 Å². The quantitative estimate of drug-likeness (QED) is 0.479. The van der Waals surface area contributed by atoms with E-state index in [-0.39, 0.29) is 18.5 Å². The number of carbonyl (C=O) groups excluding carboxylic acids is 2. The van der Waals surface area contributed by atoms with Gasteiger partial charge in [-0.25, -0.2) is 4.68 Å². The fourth-order valence-electron chi connectivity index (χ4n) is 3.37. The van der Waals surface area contributed by atoms with Gasteiger partial charge in [0, 0.05) is 22.9 Å². The molecule has 0 bridgehead atoms. The van der Waals surface area contributed by atoms with Crippen molar-refractivity contribution in [1.29, 1.82) is 0 Å². The molecule has 2 N–H and O–H groups in total. The van der Waals surface area contributed by atoms with Crippen LogP contribution in [0.3, 0.4) is 0 Å². The van der Waals surface area contributed by atoms with Crippen molar-refractivity contribution in [3.8, 4) is 11.3 Å². The number of hydrogen-bond acceptors (Lipinski definition) is 4. The maximum absolute atomic E-state index is 12.9. The largest absolute Gasteiger partial charge is 0.274 e. The van der Waals surface area contributed by atoms with Crippen LogP contribution in [0.2, 0.25) is 0 Å². The molecule has 0 unspecified atom stereocenters. The predicted molar refractivity (Wildman–Crippen MR) is 123 cm³/mol. The number of hydrogen-bond donors (Lipinski definition) is 2. The molecule has 1 heterocycles. The maximum Gasteiger partial charge on any atom is 0.274 e. The molecule has 32 heavy (non-hydrogen) atoms. The molecule has 0 aliphatic rings. The van der Waals surface area contributed by atoms with Gasteiger partial charge in [-0.2, -0.15) is 5.10 Å². The van der Waals surface area contributed by atoms with Crippen molar-refractivity contribution >= 4 is 22.6 Å². The Labute approximate surface area is 184 Å². The van der Waals surface area contributed by atoms with Crippen LogP contribution < -0.4 is 16.4 Å². The van der Waals surface area contributed by atoms with Gasteiger partial charge in [-0.05, 0) is 25.1 Å². The van der Waals surface area contributed by atoms with Gasteiger partial charge in [0.15, 0.2) is 0 Å². The topological polar surface area (TPSA) is 93.1 Å². The van der Waals surface area contributed by atoms with Crippen molar-refractivity contribution in [1.82, 2.24) is 20.6 Å². The van der Waals surface area contributed by atoms with Crippen LogP contribution in [-0.4, -0.2) is 21.6 Å². The molecule has 1 aromatic heterocycles. The minimum absolute atomic E-state index is 0.0202. The maximum atomic E-state index is 12.9. The molecular weight excluding hydrogens is 404 g/mol. The molecule has 0 radical (unpaired) electrons. The van der Waals surface area contributed by atoms with E-state index in [4.69, 9.17) is 0 Å². The number of nitrogens with one attached hydrogen (secondary N) is 2. The molecule has 2 amide bonds. The van der Waals surface area contributed by atoms with E-state index in [0.717, 1.165) is 16.5 Å². The third-order valence-corrected chi connectivity index (χ3v) is 5.09. The van der Waals surface area contributed by atoms with E-state index in [1.54, 1.807) is 42.5 Å². The van der Waals surface area contributed by atoms with Gasteiger partial charge in [-0.15, -0.1) is 0 Å². The number of amides is 2. The van der Waals surface area contributed by atoms with Gasteiger partial charge in [0.1, 0.15) is 0 Å². The Morgan fingerprint density at radius 3 is 2.22 bits per heavy atom. The van der Waals surface area contributed by atoms with E-state index in [9.17, 15) is 14.4 Å². The molecule has 7 nitrogen and oxygen atoms in total. The second kappa shape index (κ2) is 9.26. The summed E-state index contributed by atoms with van der Waals surface area (Å²) in [6.45, 7) is 2.08. The van der Waals surface area contributed by atoms with Gasteiger partial charge in [-0.1, -0.05) is 66.2 Å². The Bertz CT molecular complexity index is 1330. The van der Waals surface area contributed by atoms with Gasteiger partial charge < -0.3 is 0 Å². The molecule has 0 fully saturated rings. The second-order valence-corrected chi connectivity index (χ2v) is 7.41. The molecule has 0 saturated heterocycles. The number of hydrazine groups is 1. The first kappa shape index (κ1) is 21.0. The fourth-order valence-corrected chi connectivity index (χ4v) is 3.37. The van der Waals surface area contributed by atoms with Crippen LogP contribution in [0.15, 0.2) is 83.7 Å². The molecule has 160 valence electrons. The van der Waals surface area contributed by atoms with Crippen molar-refractivity contribution in [2.45, 2.75) is 19.9 Å². The first-order valence-corrected chi connectivity index (χ1v) is 10.2. The predicted octanol–water partition coefficient (Wildman–Crippen LogP) is 3.22. The highest BCUT2D eigenvalue weighted by atomic mass is 16.2. The lowest BCUT2D eigenvalue weighted by Gasteiger charge is -2.12. The molecular formula is C25H22N4O3. The van der Waals surface area contributed by atoms with Crippen LogP contribution in [-0.2, 0) is 11.3 Å². The number of aryl methyl sites for hydroxylation is 2. The molecule has 0 aliphatic carbocycles. The van der Waals surface area contributed by atoms with E-state index in [1.807, 2.05) is 43.3 Å². The van der Waals surface area contributed by atoms with E-state index < -0.39 is 11.8 Å². The Kier molecular flexibility index (Phi) is 6.07. The van der Waals surface area contributed by atoms with Crippen LogP contribution in [0.1, 0.15) is 22.3 Å². The van der Waals surface area contributed by atoms with Crippen molar-refractivity contribution in [3.05, 3.63) is 100 Å². The van der Waals surface area contributed by atoms with E-state index in [2.05, 4.69) is 16.0 Å². The number of benzene rings is 3. The SMILES string of the molecule is Cc1ccc(-c2nn(CCC(=O)NNC(=O)c3ccccc3)c(=O)c3ccccc23)cc1. The molecule has 0 atom stereocenters. The first-order chi connectivity index (χ1) is 15.5. The summed E-state index contributed by atoms with van der Waals surface area (Å²) in [6, 6.07) is 23.8. The Morgan fingerprint density at radius 2 is 1.50 bits per heavy atom. The highest BCUT2D eigenvalue weighted by Gasteiger charge is 2.13. The first-order valence-electron chi connectivity index (χ1n) is 10.2. The minimum Gasteiger partial charge on any atom is -0.273 e. The third kappa shape index (κ3) is 4.57. The number of aromatic nitrogens is 2. The van der Waals surface area contributed by atoms with Crippen LogP contribution >= 0.6 is 0 Å². The summed E-state index contributed by atoms with van der Waals surface area (Å²) in [5.74, 6) is -0.838. The van der Waals surface area contributed by atoms with Crippen molar-refractivity contribution < 1.29 is 9.59 Å². The summed E-state index contributed by atoms with van der Waals surface area (Å²) in [5, 5.41) is 5.85. The standard InChI is InChI=1S/C25H22N4O3/c1-17-11-13-18(14-12-17)23-20-9-5-6-10-21(20)25(32)29(28-23)16-15-22(30)26-27-24(31)19-7-3-2-4-8-19/h2-14H,15-16H2,1H3,(H,26,30)(H,27,31). The molecule has 0 saturated carbocycles. The van der Waals surface area contributed by atoms with Gasteiger partial charge in [0.25, 0.3) is 11.5 Å². The molecule has 7 heteroatoms. The second-order valence-electron chi connectivity index (χ2n) is 7.41. The lowest BCUT2D eigenvalue weighted by molar-refractivity contribution is -0.122. The third-order valence-electron chi connectivity index (χ3n) is 5.09. The molecule has 3 aromatic carbocycles.